The third-order valence-electron chi connectivity index (χ3n) is 3.69. The fourth-order valence-electron chi connectivity index (χ4n) is 2.31. The molecule has 0 aliphatic carbocycles. The molecule has 0 fully saturated rings. The van der Waals surface area contributed by atoms with E-state index in [4.69, 9.17) is 5.11 Å². The zero-order valence-electron chi connectivity index (χ0n) is 13.3. The van der Waals surface area contributed by atoms with E-state index in [2.05, 4.69) is 5.32 Å². The topological polar surface area (TPSA) is 66.4 Å². The van der Waals surface area contributed by atoms with E-state index >= 15 is 0 Å². The molecule has 2 N–H and O–H groups in total. The van der Waals surface area contributed by atoms with E-state index in [0.29, 0.717) is 5.56 Å². The van der Waals surface area contributed by atoms with Gasteiger partial charge < -0.3 is 10.4 Å². The number of amides is 1. The normalized spacial score (nSPS) is 12.0. The number of benzene rings is 2. The molecule has 0 saturated heterocycles. The molecule has 0 aliphatic rings. The third-order valence-corrected chi connectivity index (χ3v) is 3.69. The van der Waals surface area contributed by atoms with Crippen molar-refractivity contribution in [3.63, 3.8) is 0 Å². The van der Waals surface area contributed by atoms with Crippen molar-refractivity contribution in [2.45, 2.75) is 19.5 Å². The molecule has 0 aliphatic heterocycles. The van der Waals surface area contributed by atoms with Crippen LogP contribution in [0.1, 0.15) is 28.4 Å². The van der Waals surface area contributed by atoms with Crippen LogP contribution >= 0.6 is 0 Å². The van der Waals surface area contributed by atoms with Crippen molar-refractivity contribution in [3.05, 3.63) is 65.2 Å². The molecule has 4 nitrogen and oxygen atoms in total. The summed E-state index contributed by atoms with van der Waals surface area (Å²) in [6.07, 6.45) is -4.17. The van der Waals surface area contributed by atoms with Crippen molar-refractivity contribution in [1.29, 1.82) is 0 Å². The van der Waals surface area contributed by atoms with Crippen LogP contribution in [-0.4, -0.2) is 35.8 Å². The van der Waals surface area contributed by atoms with Crippen LogP contribution in [0.3, 0.4) is 0 Å². The fraction of sp³-hybridized carbons (Fsp3) is 0.222. The summed E-state index contributed by atoms with van der Waals surface area (Å²) in [7, 11) is 0. The Labute approximate surface area is 160 Å². The molecule has 0 saturated carbocycles. The summed E-state index contributed by atoms with van der Waals surface area (Å²) in [5.74, 6) is -2.11. The third kappa shape index (κ3) is 5.65. The van der Waals surface area contributed by atoms with Gasteiger partial charge in [-0.25, -0.2) is 4.79 Å². The molecule has 2 aromatic rings. The maximum absolute atomic E-state index is 12.5. The Balaban J connectivity index is 0.00000338. The number of aromatic carboxylic acids is 1. The molecule has 1 atom stereocenters. The van der Waals surface area contributed by atoms with Gasteiger partial charge in [0, 0.05) is 5.92 Å². The first-order valence-corrected chi connectivity index (χ1v) is 7.48. The van der Waals surface area contributed by atoms with Crippen molar-refractivity contribution in [2.24, 2.45) is 5.92 Å². The molecule has 26 heavy (non-hydrogen) atoms. The molecule has 2 rings (SSSR count). The average Bonchev–Trinajstić information content (AvgIpc) is 2.54. The quantitative estimate of drug-likeness (QED) is 0.802. The van der Waals surface area contributed by atoms with Gasteiger partial charge in [0.25, 0.3) is 0 Å². The van der Waals surface area contributed by atoms with E-state index in [-0.39, 0.29) is 36.5 Å². The number of carbonyl (C=O) groups is 2. The van der Waals surface area contributed by atoms with Gasteiger partial charge in [0.2, 0.25) is 5.91 Å². The van der Waals surface area contributed by atoms with Crippen LogP contribution < -0.4 is 5.32 Å². The van der Waals surface area contributed by atoms with Crippen LogP contribution in [0.15, 0.2) is 48.5 Å². The van der Waals surface area contributed by atoms with Crippen LogP contribution in [0.4, 0.5) is 18.9 Å². The molecule has 2 aromatic carbocycles. The molecule has 134 valence electrons. The van der Waals surface area contributed by atoms with Crippen LogP contribution in [0, 0.1) is 5.92 Å². The van der Waals surface area contributed by atoms with E-state index in [0.717, 1.165) is 12.1 Å². The number of para-hydroxylation sites is 1. The summed E-state index contributed by atoms with van der Waals surface area (Å²) in [6, 6.07) is 10.6. The van der Waals surface area contributed by atoms with E-state index < -0.39 is 29.5 Å². The van der Waals surface area contributed by atoms with Gasteiger partial charge in [-0.3, -0.25) is 4.79 Å². The predicted octanol–water partition coefficient (Wildman–Crippen LogP) is 3.57. The number of alkyl halides is 3. The van der Waals surface area contributed by atoms with E-state index in [9.17, 15) is 22.8 Å². The number of carboxylic acids is 1. The first-order chi connectivity index (χ1) is 11.7. The summed E-state index contributed by atoms with van der Waals surface area (Å²) in [4.78, 5) is 23.4. The standard InChI is InChI=1S/C18H16F3NO3.Li.H/c1-11(10-12-6-8-13(9-7-12)18(19,20)21)16(23)22-15-5-3-2-4-14(15)17(24)25;;/h2-9,11H,10H2,1H3,(H,22,23)(H,24,25);;. The van der Waals surface area contributed by atoms with E-state index in [1.54, 1.807) is 19.1 Å². The average molecular weight is 359 g/mol. The second-order valence-corrected chi connectivity index (χ2v) is 5.64. The fourth-order valence-corrected chi connectivity index (χ4v) is 2.31. The Kier molecular flexibility index (Phi) is 7.49. The Morgan fingerprint density at radius 1 is 1.08 bits per heavy atom. The monoisotopic (exact) mass is 359 g/mol. The number of anilines is 1. The van der Waals surface area contributed by atoms with E-state index in [1.165, 1.54) is 24.3 Å². The van der Waals surface area contributed by atoms with Crippen LogP contribution in [0.2, 0.25) is 0 Å². The Morgan fingerprint density at radius 3 is 2.19 bits per heavy atom. The first kappa shape index (κ1) is 21.8. The van der Waals surface area contributed by atoms with Gasteiger partial charge in [-0.05, 0) is 36.2 Å². The predicted molar refractivity (Wildman–Crippen MR) is 93.5 cm³/mol. The van der Waals surface area contributed by atoms with Crippen LogP contribution in [-0.2, 0) is 17.4 Å². The van der Waals surface area contributed by atoms with Gasteiger partial charge in [-0.2, -0.15) is 13.2 Å². The molecular formula is C18H17F3LiNO3. The van der Waals surface area contributed by atoms with Crippen molar-refractivity contribution < 1.29 is 27.9 Å². The zero-order chi connectivity index (χ0) is 18.6. The molecule has 0 spiro atoms. The number of hydrogen-bond donors (Lipinski definition) is 2. The first-order valence-electron chi connectivity index (χ1n) is 7.48. The molecule has 0 radical (unpaired) electrons. The van der Waals surface area contributed by atoms with E-state index in [1.807, 2.05) is 0 Å². The minimum absolute atomic E-state index is 0. The number of nitrogens with one attached hydrogen (secondary N) is 1. The zero-order valence-corrected chi connectivity index (χ0v) is 13.3. The summed E-state index contributed by atoms with van der Waals surface area (Å²) in [6.45, 7) is 1.62. The molecule has 0 heterocycles. The number of rotatable bonds is 5. The van der Waals surface area contributed by atoms with Gasteiger partial charge in [-0.1, -0.05) is 31.2 Å². The second-order valence-electron chi connectivity index (χ2n) is 5.64. The SMILES string of the molecule is CC(Cc1ccc(C(F)(F)F)cc1)C(=O)Nc1ccccc1C(=O)O.[LiH]. The number of hydrogen-bond acceptors (Lipinski definition) is 2. The minimum atomic E-state index is -4.40. The van der Waals surface area contributed by atoms with Gasteiger partial charge in [0.1, 0.15) is 0 Å². The van der Waals surface area contributed by atoms with Crippen LogP contribution in [0.5, 0.6) is 0 Å². The molecule has 1 amide bonds. The number of halogens is 3. The van der Waals surface area contributed by atoms with Gasteiger partial charge in [0.05, 0.1) is 16.8 Å². The Bertz CT molecular complexity index is 776. The Morgan fingerprint density at radius 2 is 1.65 bits per heavy atom. The summed E-state index contributed by atoms with van der Waals surface area (Å²) < 4.78 is 37.6. The second kappa shape index (κ2) is 8.92. The van der Waals surface area contributed by atoms with Crippen molar-refractivity contribution in [1.82, 2.24) is 0 Å². The summed E-state index contributed by atoms with van der Waals surface area (Å²) in [5, 5.41) is 11.6. The molecular weight excluding hydrogens is 342 g/mol. The number of carboxylic acid groups (broad SMARTS) is 1. The molecule has 0 bridgehead atoms. The molecule has 8 heteroatoms. The van der Waals surface area contributed by atoms with Crippen molar-refractivity contribution in [3.8, 4) is 0 Å². The van der Waals surface area contributed by atoms with Crippen LogP contribution in [0.25, 0.3) is 0 Å². The maximum atomic E-state index is 12.5. The van der Waals surface area contributed by atoms with Crippen molar-refractivity contribution >= 4 is 36.4 Å². The van der Waals surface area contributed by atoms with Crippen molar-refractivity contribution in [2.75, 3.05) is 5.32 Å². The summed E-state index contributed by atoms with van der Waals surface area (Å²) >= 11 is 0. The molecule has 0 aromatic heterocycles. The van der Waals surface area contributed by atoms with Gasteiger partial charge in [-0.15, -0.1) is 0 Å². The van der Waals surface area contributed by atoms with Gasteiger partial charge in [0.15, 0.2) is 0 Å². The Hall–Kier alpha value is -2.23. The van der Waals surface area contributed by atoms with Gasteiger partial charge >= 0.3 is 31.0 Å². The number of carbonyl (C=O) groups excluding carboxylic acids is 1. The summed E-state index contributed by atoms with van der Waals surface area (Å²) in [5.41, 5.74) is -0.0113. The molecule has 1 unspecified atom stereocenters.